The number of nitrogens with two attached hydrogens (primary N) is 1. The molecular weight excluding hydrogens is 194 g/mol. The SMILES string of the molecule is C=CC(C)(CN)Cc1ccc2c(c1)CCC2. The van der Waals surface area contributed by atoms with Gasteiger partial charge in [0.2, 0.25) is 0 Å². The van der Waals surface area contributed by atoms with Crippen LogP contribution >= 0.6 is 0 Å². The zero-order valence-electron chi connectivity index (χ0n) is 10.1. The van der Waals surface area contributed by atoms with Gasteiger partial charge in [0, 0.05) is 12.0 Å². The summed E-state index contributed by atoms with van der Waals surface area (Å²) in [6.07, 6.45) is 6.80. The van der Waals surface area contributed by atoms with E-state index in [2.05, 4.69) is 31.7 Å². The first kappa shape index (κ1) is 11.4. The largest absolute Gasteiger partial charge is 0.330 e. The van der Waals surface area contributed by atoms with Gasteiger partial charge in [-0.25, -0.2) is 0 Å². The molecular formula is C15H21N. The maximum absolute atomic E-state index is 5.81. The monoisotopic (exact) mass is 215 g/mol. The molecule has 1 aromatic rings. The zero-order chi connectivity index (χ0) is 11.6. The predicted molar refractivity (Wildman–Crippen MR) is 69.5 cm³/mol. The Bertz CT molecular complexity index is 394. The molecule has 0 amide bonds. The molecule has 0 heterocycles. The molecule has 1 nitrogen and oxygen atoms in total. The van der Waals surface area contributed by atoms with Crippen LogP contribution in [0.25, 0.3) is 0 Å². The Morgan fingerprint density at radius 3 is 2.81 bits per heavy atom. The van der Waals surface area contributed by atoms with Crippen LogP contribution in [-0.2, 0) is 19.3 Å². The molecule has 1 aliphatic rings. The molecule has 0 radical (unpaired) electrons. The molecule has 1 atom stereocenters. The minimum atomic E-state index is 0.0346. The number of aryl methyl sites for hydroxylation is 2. The van der Waals surface area contributed by atoms with Crippen molar-refractivity contribution in [3.63, 3.8) is 0 Å². The highest BCUT2D eigenvalue weighted by molar-refractivity contribution is 5.36. The predicted octanol–water partition coefficient (Wildman–Crippen LogP) is 2.87. The molecule has 2 rings (SSSR count). The highest BCUT2D eigenvalue weighted by Crippen LogP contribution is 2.27. The van der Waals surface area contributed by atoms with Crippen LogP contribution in [0.3, 0.4) is 0 Å². The van der Waals surface area contributed by atoms with Crippen LogP contribution in [0.4, 0.5) is 0 Å². The fraction of sp³-hybridized carbons (Fsp3) is 0.467. The van der Waals surface area contributed by atoms with E-state index in [1.807, 2.05) is 6.08 Å². The van der Waals surface area contributed by atoms with Gasteiger partial charge in [0.1, 0.15) is 0 Å². The van der Waals surface area contributed by atoms with Gasteiger partial charge < -0.3 is 5.73 Å². The minimum absolute atomic E-state index is 0.0346. The van der Waals surface area contributed by atoms with Gasteiger partial charge in [0.25, 0.3) is 0 Å². The summed E-state index contributed by atoms with van der Waals surface area (Å²) in [6.45, 7) is 6.73. The number of hydrogen-bond acceptors (Lipinski definition) is 1. The van der Waals surface area contributed by atoms with Crippen molar-refractivity contribution >= 4 is 0 Å². The van der Waals surface area contributed by atoms with Crippen molar-refractivity contribution in [2.75, 3.05) is 6.54 Å². The van der Waals surface area contributed by atoms with Gasteiger partial charge in [-0.1, -0.05) is 31.2 Å². The van der Waals surface area contributed by atoms with Crippen LogP contribution in [0, 0.1) is 5.41 Å². The highest BCUT2D eigenvalue weighted by Gasteiger charge is 2.19. The Hall–Kier alpha value is -1.08. The normalized spacial score (nSPS) is 17.9. The molecule has 16 heavy (non-hydrogen) atoms. The molecule has 1 aromatic carbocycles. The van der Waals surface area contributed by atoms with Crippen molar-refractivity contribution < 1.29 is 0 Å². The summed E-state index contributed by atoms with van der Waals surface area (Å²) in [6, 6.07) is 6.90. The number of benzene rings is 1. The summed E-state index contributed by atoms with van der Waals surface area (Å²) in [7, 11) is 0. The van der Waals surface area contributed by atoms with Gasteiger partial charge in [0.05, 0.1) is 0 Å². The number of fused-ring (bicyclic) bond motifs is 1. The first-order valence-electron chi connectivity index (χ1n) is 6.11. The van der Waals surface area contributed by atoms with E-state index < -0.39 is 0 Å². The van der Waals surface area contributed by atoms with Gasteiger partial charge in [-0.05, 0) is 42.4 Å². The van der Waals surface area contributed by atoms with Crippen LogP contribution in [0.2, 0.25) is 0 Å². The van der Waals surface area contributed by atoms with E-state index in [1.54, 1.807) is 5.56 Å². The van der Waals surface area contributed by atoms with Gasteiger partial charge in [-0.15, -0.1) is 6.58 Å². The second-order valence-electron chi connectivity index (χ2n) is 5.20. The molecule has 1 heteroatoms. The third-order valence-electron chi connectivity index (χ3n) is 3.73. The quantitative estimate of drug-likeness (QED) is 0.768. The molecule has 0 saturated carbocycles. The van der Waals surface area contributed by atoms with Crippen molar-refractivity contribution in [1.82, 2.24) is 0 Å². The lowest BCUT2D eigenvalue weighted by atomic mass is 9.83. The Morgan fingerprint density at radius 2 is 2.12 bits per heavy atom. The van der Waals surface area contributed by atoms with Crippen LogP contribution in [0.5, 0.6) is 0 Å². The van der Waals surface area contributed by atoms with Gasteiger partial charge >= 0.3 is 0 Å². The maximum atomic E-state index is 5.81. The lowest BCUT2D eigenvalue weighted by Gasteiger charge is -2.24. The molecule has 0 spiro atoms. The second kappa shape index (κ2) is 4.42. The van der Waals surface area contributed by atoms with Crippen molar-refractivity contribution in [3.8, 4) is 0 Å². The summed E-state index contributed by atoms with van der Waals surface area (Å²) in [5, 5.41) is 0. The number of hydrogen-bond donors (Lipinski definition) is 1. The van der Waals surface area contributed by atoms with E-state index in [9.17, 15) is 0 Å². The van der Waals surface area contributed by atoms with E-state index in [-0.39, 0.29) is 5.41 Å². The summed E-state index contributed by atoms with van der Waals surface area (Å²) < 4.78 is 0. The smallest absolute Gasteiger partial charge is 0.00146 e. The molecule has 0 saturated heterocycles. The lowest BCUT2D eigenvalue weighted by molar-refractivity contribution is 0.439. The zero-order valence-corrected chi connectivity index (χ0v) is 10.1. The van der Waals surface area contributed by atoms with E-state index in [0.717, 1.165) is 6.42 Å². The van der Waals surface area contributed by atoms with Crippen molar-refractivity contribution in [2.45, 2.75) is 32.6 Å². The average Bonchev–Trinajstić information content (AvgIpc) is 2.76. The summed E-state index contributed by atoms with van der Waals surface area (Å²) in [4.78, 5) is 0. The molecule has 0 aliphatic heterocycles. The Labute approximate surface area is 98.4 Å². The minimum Gasteiger partial charge on any atom is -0.330 e. The molecule has 0 fully saturated rings. The van der Waals surface area contributed by atoms with E-state index in [4.69, 9.17) is 5.73 Å². The van der Waals surface area contributed by atoms with Crippen molar-refractivity contribution in [3.05, 3.63) is 47.5 Å². The first-order chi connectivity index (χ1) is 7.67. The summed E-state index contributed by atoms with van der Waals surface area (Å²) in [5.41, 5.74) is 10.3. The average molecular weight is 215 g/mol. The Kier molecular flexibility index (Phi) is 3.15. The maximum Gasteiger partial charge on any atom is 0.00146 e. The van der Waals surface area contributed by atoms with E-state index >= 15 is 0 Å². The van der Waals surface area contributed by atoms with Gasteiger partial charge in [-0.2, -0.15) is 0 Å². The van der Waals surface area contributed by atoms with Gasteiger partial charge in [-0.3, -0.25) is 0 Å². The van der Waals surface area contributed by atoms with Gasteiger partial charge in [0.15, 0.2) is 0 Å². The second-order valence-corrected chi connectivity index (χ2v) is 5.20. The van der Waals surface area contributed by atoms with E-state index in [0.29, 0.717) is 6.54 Å². The third-order valence-corrected chi connectivity index (χ3v) is 3.73. The highest BCUT2D eigenvalue weighted by atomic mass is 14.6. The van der Waals surface area contributed by atoms with Crippen molar-refractivity contribution in [2.24, 2.45) is 11.1 Å². The van der Waals surface area contributed by atoms with Crippen molar-refractivity contribution in [1.29, 1.82) is 0 Å². The third kappa shape index (κ3) is 2.19. The molecule has 1 aliphatic carbocycles. The van der Waals surface area contributed by atoms with Crippen LogP contribution in [0.15, 0.2) is 30.9 Å². The topological polar surface area (TPSA) is 26.0 Å². The fourth-order valence-corrected chi connectivity index (χ4v) is 2.43. The van der Waals surface area contributed by atoms with Crippen LogP contribution < -0.4 is 5.73 Å². The van der Waals surface area contributed by atoms with Crippen LogP contribution in [0.1, 0.15) is 30.0 Å². The number of rotatable bonds is 4. The molecule has 0 aromatic heterocycles. The molecule has 1 unspecified atom stereocenters. The fourth-order valence-electron chi connectivity index (χ4n) is 2.43. The molecule has 2 N–H and O–H groups in total. The van der Waals surface area contributed by atoms with Crippen LogP contribution in [-0.4, -0.2) is 6.54 Å². The lowest BCUT2D eigenvalue weighted by Crippen LogP contribution is -2.27. The molecule has 0 bridgehead atoms. The first-order valence-corrected chi connectivity index (χ1v) is 6.11. The standard InChI is InChI=1S/C15H21N/c1-3-15(2,11-16)10-12-7-8-13-5-4-6-14(13)9-12/h3,7-9H,1,4-6,10-11,16H2,2H3. The van der Waals surface area contributed by atoms with E-state index in [1.165, 1.54) is 30.4 Å². The Morgan fingerprint density at radius 1 is 1.38 bits per heavy atom. The summed E-state index contributed by atoms with van der Waals surface area (Å²) in [5.74, 6) is 0. The Balaban J connectivity index is 2.19. The molecule has 86 valence electrons. The summed E-state index contributed by atoms with van der Waals surface area (Å²) >= 11 is 0.